The van der Waals surface area contributed by atoms with Crippen LogP contribution < -0.4 is 19.8 Å². The van der Waals surface area contributed by atoms with E-state index in [9.17, 15) is 9.90 Å². The molecule has 2 aromatic carbocycles. The first-order chi connectivity index (χ1) is 17.6. The summed E-state index contributed by atoms with van der Waals surface area (Å²) < 4.78 is 2.44. The molecule has 2 aromatic heterocycles. The van der Waals surface area contributed by atoms with Crippen molar-refractivity contribution in [1.29, 1.82) is 0 Å². The zero-order chi connectivity index (χ0) is 24.8. The van der Waals surface area contributed by atoms with Crippen LogP contribution in [0, 0.1) is 0 Å². The second-order valence-corrected chi connectivity index (χ2v) is 11.0. The van der Waals surface area contributed by atoms with E-state index >= 15 is 0 Å². The second-order valence-electron chi connectivity index (χ2n) is 9.04. The Labute approximate surface area is 217 Å². The number of anilines is 1. The first-order valence-corrected chi connectivity index (χ1v) is 14.0. The molecule has 2 aliphatic rings. The number of nitrogens with zero attached hydrogens (tertiary/aromatic N) is 3. The summed E-state index contributed by atoms with van der Waals surface area (Å²) in [5.74, 6) is 0.174. The number of aromatic nitrogens is 1. The molecule has 1 aliphatic carbocycles. The smallest absolute Gasteiger partial charge is 0.271 e. The number of hydrogen-bond acceptors (Lipinski definition) is 6. The number of aryl methyl sites for hydroxylation is 1. The molecule has 4 aromatic rings. The molecular weight excluding hydrogens is 486 g/mol. The largest absolute Gasteiger partial charge is 0.507 e. The molecule has 1 atom stereocenters. The lowest BCUT2D eigenvalue weighted by Gasteiger charge is -2.30. The molecule has 5 nitrogen and oxygen atoms in total. The Morgan fingerprint density at radius 1 is 1.11 bits per heavy atom. The van der Waals surface area contributed by atoms with E-state index in [0.717, 1.165) is 42.2 Å². The van der Waals surface area contributed by atoms with E-state index in [4.69, 9.17) is 4.99 Å². The number of aromatic hydroxyl groups is 1. The Bertz CT molecular complexity index is 1660. The Morgan fingerprint density at radius 3 is 2.69 bits per heavy atom. The first-order valence-electron chi connectivity index (χ1n) is 12.3. The molecule has 6 rings (SSSR count). The minimum atomic E-state index is -0.148. The molecule has 0 saturated heterocycles. The van der Waals surface area contributed by atoms with Gasteiger partial charge in [-0.05, 0) is 67.5 Å². The molecule has 1 N–H and O–H groups in total. The van der Waals surface area contributed by atoms with Crippen LogP contribution in [-0.2, 0) is 6.42 Å². The topological polar surface area (TPSA) is 57.8 Å². The maximum atomic E-state index is 13.8. The SMILES string of the molecule is CCN(CC)c1ccc(/C=c2\sc3n(c2=O)[C@H](c2cccs2)C2=C(N=3)c3ccccc3CC2)c(O)c1. The average molecular weight is 514 g/mol. The van der Waals surface area contributed by atoms with Crippen LogP contribution >= 0.6 is 22.7 Å². The highest BCUT2D eigenvalue weighted by Gasteiger charge is 2.33. The van der Waals surface area contributed by atoms with Gasteiger partial charge in [-0.2, -0.15) is 0 Å². The van der Waals surface area contributed by atoms with Gasteiger partial charge in [-0.15, -0.1) is 11.3 Å². The third-order valence-electron chi connectivity index (χ3n) is 7.11. The fourth-order valence-electron chi connectivity index (χ4n) is 5.30. The van der Waals surface area contributed by atoms with Gasteiger partial charge in [-0.3, -0.25) is 9.36 Å². The fourth-order valence-corrected chi connectivity index (χ4v) is 7.14. The van der Waals surface area contributed by atoms with E-state index in [2.05, 4.69) is 54.5 Å². The van der Waals surface area contributed by atoms with Crippen molar-refractivity contribution in [3.05, 3.63) is 107 Å². The van der Waals surface area contributed by atoms with Crippen molar-refractivity contribution < 1.29 is 5.11 Å². The van der Waals surface area contributed by atoms with Crippen molar-refractivity contribution in [2.45, 2.75) is 32.7 Å². The van der Waals surface area contributed by atoms with Gasteiger partial charge in [0.25, 0.3) is 5.56 Å². The lowest BCUT2D eigenvalue weighted by atomic mass is 9.85. The number of thiophene rings is 1. The summed E-state index contributed by atoms with van der Waals surface area (Å²) in [5, 5.41) is 12.8. The van der Waals surface area contributed by atoms with Gasteiger partial charge in [-0.25, -0.2) is 4.99 Å². The van der Waals surface area contributed by atoms with Crippen LogP contribution in [0.25, 0.3) is 11.8 Å². The van der Waals surface area contributed by atoms with E-state index in [1.54, 1.807) is 23.5 Å². The zero-order valence-electron chi connectivity index (χ0n) is 20.3. The number of rotatable bonds is 5. The van der Waals surface area contributed by atoms with Crippen molar-refractivity contribution in [3.63, 3.8) is 0 Å². The number of phenols is 1. The molecule has 0 amide bonds. The van der Waals surface area contributed by atoms with Gasteiger partial charge in [0, 0.05) is 40.8 Å². The summed E-state index contributed by atoms with van der Waals surface area (Å²) in [6.45, 7) is 5.92. The lowest BCUT2D eigenvalue weighted by molar-refractivity contribution is 0.474. The van der Waals surface area contributed by atoms with Gasteiger partial charge in [0.1, 0.15) is 5.75 Å². The highest BCUT2D eigenvalue weighted by Crippen LogP contribution is 2.42. The van der Waals surface area contributed by atoms with E-state index in [1.165, 1.54) is 28.0 Å². The molecule has 1 aliphatic heterocycles. The molecular formula is C29H27N3O2S2. The maximum absolute atomic E-state index is 13.8. The Hall–Kier alpha value is -3.42. The Balaban J connectivity index is 1.53. The zero-order valence-corrected chi connectivity index (χ0v) is 21.9. The third kappa shape index (κ3) is 3.74. The fraction of sp³-hybridized carbons (Fsp3) is 0.241. The normalized spacial score (nSPS) is 16.8. The summed E-state index contributed by atoms with van der Waals surface area (Å²) in [6, 6.07) is 18.1. The molecule has 182 valence electrons. The van der Waals surface area contributed by atoms with Gasteiger partial charge in [0.2, 0.25) is 0 Å². The van der Waals surface area contributed by atoms with Crippen LogP contribution in [0.1, 0.15) is 47.9 Å². The van der Waals surface area contributed by atoms with Crippen LogP contribution in [0.15, 0.2) is 75.3 Å². The summed E-state index contributed by atoms with van der Waals surface area (Å²) >= 11 is 3.07. The molecule has 3 heterocycles. The summed E-state index contributed by atoms with van der Waals surface area (Å²) in [4.78, 5) is 22.9. The van der Waals surface area contributed by atoms with Gasteiger partial charge < -0.3 is 10.0 Å². The third-order valence-corrected chi connectivity index (χ3v) is 9.02. The van der Waals surface area contributed by atoms with Crippen molar-refractivity contribution in [2.75, 3.05) is 18.0 Å². The molecule has 0 saturated carbocycles. The number of fused-ring (bicyclic) bond motifs is 3. The molecule has 0 spiro atoms. The molecule has 0 fully saturated rings. The van der Waals surface area contributed by atoms with Crippen LogP contribution in [0.3, 0.4) is 0 Å². The monoisotopic (exact) mass is 513 g/mol. The quantitative estimate of drug-likeness (QED) is 0.412. The minimum absolute atomic E-state index is 0.0604. The van der Waals surface area contributed by atoms with Gasteiger partial charge >= 0.3 is 0 Å². The minimum Gasteiger partial charge on any atom is -0.507 e. The Kier molecular flexibility index (Phi) is 5.90. The second kappa shape index (κ2) is 9.22. The van der Waals surface area contributed by atoms with E-state index in [0.29, 0.717) is 14.9 Å². The van der Waals surface area contributed by atoms with Gasteiger partial charge in [0.05, 0.1) is 16.3 Å². The maximum Gasteiger partial charge on any atom is 0.271 e. The van der Waals surface area contributed by atoms with Crippen molar-refractivity contribution >= 4 is 40.1 Å². The summed E-state index contributed by atoms with van der Waals surface area (Å²) in [5.41, 5.74) is 6.24. The van der Waals surface area contributed by atoms with Crippen LogP contribution in [0.5, 0.6) is 5.75 Å². The molecule has 36 heavy (non-hydrogen) atoms. The van der Waals surface area contributed by atoms with Crippen LogP contribution in [0.4, 0.5) is 5.69 Å². The van der Waals surface area contributed by atoms with Gasteiger partial charge in [-0.1, -0.05) is 41.7 Å². The highest BCUT2D eigenvalue weighted by molar-refractivity contribution is 7.10. The van der Waals surface area contributed by atoms with E-state index < -0.39 is 0 Å². The van der Waals surface area contributed by atoms with Crippen LogP contribution in [0.2, 0.25) is 0 Å². The van der Waals surface area contributed by atoms with Crippen LogP contribution in [-0.4, -0.2) is 22.8 Å². The average Bonchev–Trinajstić information content (AvgIpc) is 3.53. The highest BCUT2D eigenvalue weighted by atomic mass is 32.1. The van der Waals surface area contributed by atoms with Crippen molar-refractivity contribution in [1.82, 2.24) is 4.57 Å². The standard InChI is InChI=1S/C29H27N3O2S2/c1-3-31(4-2)20-13-11-19(23(33)17-20)16-25-28(34)32-27(24-10-7-15-35-24)22-14-12-18-8-5-6-9-21(18)26(22)30-29(32)36-25/h5-11,13,15-17,27,33H,3-4,12,14H2,1-2H3/b25-16-/t27-/m0/s1. The summed E-state index contributed by atoms with van der Waals surface area (Å²) in [6.07, 6.45) is 3.63. The number of benzene rings is 2. The van der Waals surface area contributed by atoms with Crippen molar-refractivity contribution in [2.24, 2.45) is 4.99 Å². The number of allylic oxidation sites excluding steroid dienone is 1. The molecule has 0 bridgehead atoms. The molecule has 7 heteroatoms. The van der Waals surface area contributed by atoms with Crippen molar-refractivity contribution in [3.8, 4) is 5.75 Å². The number of thiazole rings is 1. The predicted octanol–water partition coefficient (Wildman–Crippen LogP) is 4.93. The Morgan fingerprint density at radius 2 is 1.94 bits per heavy atom. The van der Waals surface area contributed by atoms with E-state index in [-0.39, 0.29) is 17.4 Å². The lowest BCUT2D eigenvalue weighted by Crippen LogP contribution is -2.38. The van der Waals surface area contributed by atoms with E-state index in [1.807, 2.05) is 22.8 Å². The van der Waals surface area contributed by atoms with Gasteiger partial charge in [0.15, 0.2) is 4.80 Å². The summed E-state index contributed by atoms with van der Waals surface area (Å²) in [7, 11) is 0. The molecule has 0 radical (unpaired) electrons. The number of phenolic OH excluding ortho intramolecular Hbond substituents is 1. The predicted molar refractivity (Wildman–Crippen MR) is 149 cm³/mol. The number of hydrogen-bond donors (Lipinski definition) is 1. The molecule has 0 unspecified atom stereocenters. The first kappa shape index (κ1) is 23.0.